The first-order valence-corrected chi connectivity index (χ1v) is 10.6. The van der Waals surface area contributed by atoms with E-state index in [0.29, 0.717) is 22.3 Å². The van der Waals surface area contributed by atoms with Gasteiger partial charge in [-0.25, -0.2) is 9.78 Å². The molecule has 1 atom stereocenters. The molecule has 2 aromatic heterocycles. The highest BCUT2D eigenvalue weighted by atomic mass is 35.5. The minimum absolute atomic E-state index is 0.0904. The van der Waals surface area contributed by atoms with Crippen molar-refractivity contribution in [3.63, 3.8) is 0 Å². The highest BCUT2D eigenvalue weighted by Gasteiger charge is 2.20. The maximum absolute atomic E-state index is 12.8. The molecule has 1 aliphatic rings. The molecule has 0 aliphatic heterocycles. The number of carboxylic acids is 1. The maximum Gasteiger partial charge on any atom is 0.337 e. The van der Waals surface area contributed by atoms with Gasteiger partial charge in [0.1, 0.15) is 5.65 Å². The van der Waals surface area contributed by atoms with E-state index in [-0.39, 0.29) is 17.2 Å². The Morgan fingerprint density at radius 3 is 2.73 bits per heavy atom. The van der Waals surface area contributed by atoms with Crippen molar-refractivity contribution in [1.29, 1.82) is 0 Å². The average Bonchev–Trinajstić information content (AvgIpc) is 2.75. The lowest BCUT2D eigenvalue weighted by Gasteiger charge is -2.22. The van der Waals surface area contributed by atoms with E-state index in [9.17, 15) is 14.7 Å². The number of carboxylic acid groups (broad SMARTS) is 1. The molecule has 30 heavy (non-hydrogen) atoms. The summed E-state index contributed by atoms with van der Waals surface area (Å²) >= 11 is 5.96. The van der Waals surface area contributed by atoms with Gasteiger partial charge in [0.15, 0.2) is 0 Å². The Morgan fingerprint density at radius 2 is 2.00 bits per heavy atom. The van der Waals surface area contributed by atoms with Crippen LogP contribution in [0.1, 0.15) is 72.6 Å². The van der Waals surface area contributed by atoms with Gasteiger partial charge in [0.25, 0.3) is 5.56 Å². The van der Waals surface area contributed by atoms with Crippen LogP contribution in [0.25, 0.3) is 5.65 Å². The molecular formula is C23H24ClN3O3. The number of anilines is 1. The fourth-order valence-electron chi connectivity index (χ4n) is 4.24. The molecule has 1 saturated carbocycles. The van der Waals surface area contributed by atoms with Crippen LogP contribution in [0.3, 0.4) is 0 Å². The molecule has 2 heterocycles. The predicted octanol–water partition coefficient (Wildman–Crippen LogP) is 5.27. The van der Waals surface area contributed by atoms with Crippen molar-refractivity contribution >= 4 is 28.9 Å². The van der Waals surface area contributed by atoms with E-state index in [0.717, 1.165) is 24.1 Å². The van der Waals surface area contributed by atoms with Crippen LogP contribution in [-0.4, -0.2) is 20.5 Å². The Kier molecular flexibility index (Phi) is 5.77. The number of hydrogen-bond donors (Lipinski definition) is 2. The fraction of sp³-hybridized carbons (Fsp3) is 0.348. The first kappa shape index (κ1) is 20.4. The van der Waals surface area contributed by atoms with Crippen LogP contribution in [0, 0.1) is 0 Å². The number of aromatic carboxylic acids is 1. The zero-order valence-corrected chi connectivity index (χ0v) is 17.5. The second-order valence-electron chi connectivity index (χ2n) is 7.87. The summed E-state index contributed by atoms with van der Waals surface area (Å²) in [6.07, 6.45) is 7.41. The van der Waals surface area contributed by atoms with Crippen molar-refractivity contribution in [2.75, 3.05) is 5.32 Å². The van der Waals surface area contributed by atoms with Crippen molar-refractivity contribution in [2.45, 2.75) is 51.0 Å². The molecule has 0 spiro atoms. The summed E-state index contributed by atoms with van der Waals surface area (Å²) in [7, 11) is 0. The van der Waals surface area contributed by atoms with Crippen LogP contribution in [0.4, 0.5) is 5.69 Å². The molecule has 6 nitrogen and oxygen atoms in total. The summed E-state index contributed by atoms with van der Waals surface area (Å²) in [5.41, 5.74) is 2.77. The van der Waals surface area contributed by atoms with Crippen LogP contribution in [0.2, 0.25) is 5.02 Å². The zero-order valence-electron chi connectivity index (χ0n) is 16.8. The van der Waals surface area contributed by atoms with Crippen LogP contribution >= 0.6 is 11.6 Å². The molecule has 7 heteroatoms. The Labute approximate surface area is 179 Å². The largest absolute Gasteiger partial charge is 0.478 e. The van der Waals surface area contributed by atoms with Gasteiger partial charge in [-0.1, -0.05) is 36.9 Å². The third kappa shape index (κ3) is 4.05. The number of halogens is 1. The first-order valence-electron chi connectivity index (χ1n) is 10.3. The lowest BCUT2D eigenvalue weighted by atomic mass is 9.87. The van der Waals surface area contributed by atoms with Gasteiger partial charge in [0, 0.05) is 34.5 Å². The van der Waals surface area contributed by atoms with Gasteiger partial charge in [-0.15, -0.1) is 0 Å². The van der Waals surface area contributed by atoms with Gasteiger partial charge >= 0.3 is 5.97 Å². The van der Waals surface area contributed by atoms with Gasteiger partial charge in [-0.3, -0.25) is 9.20 Å². The summed E-state index contributed by atoms with van der Waals surface area (Å²) in [6.45, 7) is 1.93. The number of pyridine rings is 1. The Balaban J connectivity index is 1.74. The summed E-state index contributed by atoms with van der Waals surface area (Å²) in [5.74, 6) is -0.735. The smallest absolute Gasteiger partial charge is 0.337 e. The third-order valence-electron chi connectivity index (χ3n) is 5.82. The number of aromatic nitrogens is 2. The number of nitrogens with one attached hydrogen (secondary N) is 1. The number of carbonyl (C=O) groups is 1. The Bertz CT molecular complexity index is 1150. The van der Waals surface area contributed by atoms with Gasteiger partial charge in [-0.2, -0.15) is 0 Å². The zero-order chi connectivity index (χ0) is 21.3. The summed E-state index contributed by atoms with van der Waals surface area (Å²) in [5, 5.41) is 13.1. The molecule has 156 valence electrons. The molecule has 0 amide bonds. The van der Waals surface area contributed by atoms with E-state index < -0.39 is 5.97 Å². The molecule has 1 fully saturated rings. The van der Waals surface area contributed by atoms with Gasteiger partial charge in [0.2, 0.25) is 0 Å². The van der Waals surface area contributed by atoms with Crippen LogP contribution < -0.4 is 10.9 Å². The minimum atomic E-state index is -1.06. The minimum Gasteiger partial charge on any atom is -0.478 e. The van der Waals surface area contributed by atoms with Crippen molar-refractivity contribution < 1.29 is 9.90 Å². The van der Waals surface area contributed by atoms with Gasteiger partial charge in [0.05, 0.1) is 17.3 Å². The van der Waals surface area contributed by atoms with Gasteiger partial charge in [-0.05, 0) is 44.0 Å². The van der Waals surface area contributed by atoms with Crippen molar-refractivity contribution in [3.8, 4) is 0 Å². The lowest BCUT2D eigenvalue weighted by Crippen LogP contribution is -2.20. The highest BCUT2D eigenvalue weighted by Crippen LogP contribution is 2.32. The van der Waals surface area contributed by atoms with E-state index >= 15 is 0 Å². The number of benzene rings is 1. The summed E-state index contributed by atoms with van der Waals surface area (Å²) < 4.78 is 1.56. The summed E-state index contributed by atoms with van der Waals surface area (Å²) in [6, 6.07) is 9.84. The van der Waals surface area contributed by atoms with Gasteiger partial charge < -0.3 is 10.4 Å². The van der Waals surface area contributed by atoms with Crippen molar-refractivity contribution in [2.24, 2.45) is 0 Å². The molecule has 3 aromatic rings. The van der Waals surface area contributed by atoms with Crippen molar-refractivity contribution in [3.05, 3.63) is 74.8 Å². The van der Waals surface area contributed by atoms with E-state index in [1.54, 1.807) is 28.8 Å². The molecule has 1 aliphatic carbocycles. The number of nitrogens with zero attached hydrogens (tertiary/aromatic N) is 2. The number of hydrogen-bond acceptors (Lipinski definition) is 4. The lowest BCUT2D eigenvalue weighted by molar-refractivity contribution is 0.0698. The SMILES string of the molecule is C[C@@H](Nc1ccc(Cl)cc1C(=O)O)c1cccn2c(=O)cc(C3CCCCC3)nc12. The Hall–Kier alpha value is -2.86. The van der Waals surface area contributed by atoms with E-state index in [1.807, 2.05) is 19.1 Å². The first-order chi connectivity index (χ1) is 14.4. The molecule has 1 aromatic carbocycles. The van der Waals surface area contributed by atoms with Crippen LogP contribution in [0.15, 0.2) is 47.4 Å². The van der Waals surface area contributed by atoms with Crippen LogP contribution in [0.5, 0.6) is 0 Å². The highest BCUT2D eigenvalue weighted by molar-refractivity contribution is 6.31. The molecular weight excluding hydrogens is 402 g/mol. The average molecular weight is 426 g/mol. The second kappa shape index (κ2) is 8.48. The monoisotopic (exact) mass is 425 g/mol. The molecule has 4 rings (SSSR count). The topological polar surface area (TPSA) is 83.7 Å². The quantitative estimate of drug-likeness (QED) is 0.582. The molecule has 2 N–H and O–H groups in total. The Morgan fingerprint density at radius 1 is 1.23 bits per heavy atom. The summed E-state index contributed by atoms with van der Waals surface area (Å²) in [4.78, 5) is 29.3. The number of rotatable bonds is 5. The number of fused-ring (bicyclic) bond motifs is 1. The molecule has 0 unspecified atom stereocenters. The predicted molar refractivity (Wildman–Crippen MR) is 118 cm³/mol. The second-order valence-corrected chi connectivity index (χ2v) is 8.31. The molecule has 0 radical (unpaired) electrons. The standard InChI is InChI=1S/C23H24ClN3O3/c1-14(25-19-10-9-16(24)12-18(19)23(29)30)17-8-5-11-27-21(28)13-20(26-22(17)27)15-6-3-2-4-7-15/h5,8-15,25H,2-4,6-7H2,1H3,(H,29,30)/t14-/m1/s1. The maximum atomic E-state index is 12.8. The van der Waals surface area contributed by atoms with E-state index in [2.05, 4.69) is 5.32 Å². The normalized spacial score (nSPS) is 15.8. The molecule has 0 bridgehead atoms. The fourth-order valence-corrected chi connectivity index (χ4v) is 4.41. The van der Waals surface area contributed by atoms with Crippen molar-refractivity contribution in [1.82, 2.24) is 9.38 Å². The van der Waals surface area contributed by atoms with Crippen LogP contribution in [-0.2, 0) is 0 Å². The molecule has 0 saturated heterocycles. The van der Waals surface area contributed by atoms with E-state index in [4.69, 9.17) is 16.6 Å². The van der Waals surface area contributed by atoms with E-state index in [1.165, 1.54) is 25.3 Å². The third-order valence-corrected chi connectivity index (χ3v) is 6.05.